The Morgan fingerprint density at radius 1 is 1.07 bits per heavy atom. The monoisotopic (exact) mass is 415 g/mol. The molecule has 0 spiro atoms. The van der Waals surface area contributed by atoms with Crippen LogP contribution in [0.3, 0.4) is 0 Å². The lowest BCUT2D eigenvalue weighted by molar-refractivity contribution is -0.0634. The van der Waals surface area contributed by atoms with Gasteiger partial charge in [-0.15, -0.1) is 0 Å². The van der Waals surface area contributed by atoms with E-state index in [-0.39, 0.29) is 11.9 Å². The van der Waals surface area contributed by atoms with Crippen molar-refractivity contribution in [1.82, 2.24) is 4.98 Å². The predicted molar refractivity (Wildman–Crippen MR) is 119 cm³/mol. The van der Waals surface area contributed by atoms with Gasteiger partial charge in [-0.05, 0) is 65.8 Å². The zero-order valence-corrected chi connectivity index (χ0v) is 17.2. The molecular weight excluding hydrogens is 394 g/mol. The number of thiocarbonyl (C=S) groups is 1. The second kappa shape index (κ2) is 7.84. The standard InChI is InChI=1S/C25H21NO3S/c27-23(21-10-4-6-12-29-21)19-14-15(25(30)20-9-3-5-11-26-20)13-18-16-7-1-2-8-17(16)24(28)22(18)19/h1-3,5,7-9,11,13-14,21,23,27H,4,6,10,12H2. The molecule has 2 aromatic carbocycles. The topological polar surface area (TPSA) is 59.4 Å². The summed E-state index contributed by atoms with van der Waals surface area (Å²) in [6.07, 6.45) is 3.27. The smallest absolute Gasteiger partial charge is 0.194 e. The molecule has 0 amide bonds. The van der Waals surface area contributed by atoms with Crippen LogP contribution in [0.2, 0.25) is 0 Å². The number of aliphatic hydroxyl groups excluding tert-OH is 1. The van der Waals surface area contributed by atoms with Crippen LogP contribution in [0.1, 0.15) is 58.1 Å². The fourth-order valence-electron chi connectivity index (χ4n) is 4.41. The molecule has 2 aliphatic rings. The Balaban J connectivity index is 1.68. The first-order valence-corrected chi connectivity index (χ1v) is 10.6. The van der Waals surface area contributed by atoms with Gasteiger partial charge in [-0.3, -0.25) is 9.78 Å². The number of aliphatic hydroxyl groups is 1. The second-order valence-electron chi connectivity index (χ2n) is 7.76. The molecule has 2 atom stereocenters. The summed E-state index contributed by atoms with van der Waals surface area (Å²) in [5, 5.41) is 11.2. The summed E-state index contributed by atoms with van der Waals surface area (Å²) in [4.78, 5) is 18.2. The quantitative estimate of drug-likeness (QED) is 0.388. The molecule has 1 aromatic heterocycles. The molecule has 1 fully saturated rings. The van der Waals surface area contributed by atoms with Crippen LogP contribution >= 0.6 is 12.2 Å². The molecule has 0 radical (unpaired) electrons. The van der Waals surface area contributed by atoms with Gasteiger partial charge >= 0.3 is 0 Å². The third-order valence-electron chi connectivity index (χ3n) is 5.90. The van der Waals surface area contributed by atoms with E-state index < -0.39 is 6.10 Å². The van der Waals surface area contributed by atoms with Crippen LogP contribution in [-0.4, -0.2) is 33.4 Å². The molecule has 5 heteroatoms. The van der Waals surface area contributed by atoms with Gasteiger partial charge in [0.15, 0.2) is 5.78 Å². The van der Waals surface area contributed by atoms with Gasteiger partial charge in [0, 0.05) is 23.9 Å². The van der Waals surface area contributed by atoms with Crippen molar-refractivity contribution in [3.05, 3.63) is 88.7 Å². The van der Waals surface area contributed by atoms with Crippen LogP contribution in [0.5, 0.6) is 0 Å². The highest BCUT2D eigenvalue weighted by Gasteiger charge is 2.35. The molecule has 1 N–H and O–H groups in total. The Kier molecular flexibility index (Phi) is 5.03. The zero-order valence-electron chi connectivity index (χ0n) is 16.4. The van der Waals surface area contributed by atoms with Crippen LogP contribution in [-0.2, 0) is 4.74 Å². The number of nitrogens with zero attached hydrogens (tertiary/aromatic N) is 1. The summed E-state index contributed by atoms with van der Waals surface area (Å²) >= 11 is 5.73. The summed E-state index contributed by atoms with van der Waals surface area (Å²) in [6.45, 7) is 0.629. The van der Waals surface area contributed by atoms with Crippen LogP contribution in [0.15, 0.2) is 60.8 Å². The number of benzene rings is 2. The first kappa shape index (κ1) is 19.2. The maximum Gasteiger partial charge on any atom is 0.194 e. The van der Waals surface area contributed by atoms with E-state index in [1.165, 1.54) is 0 Å². The van der Waals surface area contributed by atoms with Crippen LogP contribution in [0.25, 0.3) is 11.1 Å². The lowest BCUT2D eigenvalue weighted by Gasteiger charge is -2.28. The number of ether oxygens (including phenoxy) is 1. The molecule has 1 aliphatic heterocycles. The minimum Gasteiger partial charge on any atom is -0.386 e. The van der Waals surface area contributed by atoms with Crippen molar-refractivity contribution >= 4 is 22.9 Å². The fourth-order valence-corrected chi connectivity index (χ4v) is 4.64. The number of carbonyl (C=O) groups excluding carboxylic acids is 1. The Bertz CT molecular complexity index is 1140. The van der Waals surface area contributed by atoms with Crippen molar-refractivity contribution in [3.8, 4) is 11.1 Å². The predicted octanol–water partition coefficient (Wildman–Crippen LogP) is 4.66. The number of hydrogen-bond acceptors (Lipinski definition) is 5. The van der Waals surface area contributed by atoms with E-state index in [0.717, 1.165) is 36.0 Å². The van der Waals surface area contributed by atoms with Crippen molar-refractivity contribution in [1.29, 1.82) is 0 Å². The summed E-state index contributed by atoms with van der Waals surface area (Å²) in [7, 11) is 0. The lowest BCUT2D eigenvalue weighted by atomic mass is 9.89. The third-order valence-corrected chi connectivity index (χ3v) is 6.35. The van der Waals surface area contributed by atoms with Crippen molar-refractivity contribution in [2.24, 2.45) is 0 Å². The van der Waals surface area contributed by atoms with E-state index in [4.69, 9.17) is 17.0 Å². The first-order chi connectivity index (χ1) is 14.6. The number of carbonyl (C=O) groups is 1. The van der Waals surface area contributed by atoms with Gasteiger partial charge < -0.3 is 9.84 Å². The highest BCUT2D eigenvalue weighted by atomic mass is 32.1. The third kappa shape index (κ3) is 3.19. The Morgan fingerprint density at radius 3 is 2.60 bits per heavy atom. The number of aromatic nitrogens is 1. The fraction of sp³-hybridized carbons (Fsp3) is 0.240. The molecular formula is C25H21NO3S. The minimum atomic E-state index is -0.885. The molecule has 150 valence electrons. The summed E-state index contributed by atoms with van der Waals surface area (Å²) in [5.74, 6) is -0.0548. The number of rotatable bonds is 4. The molecule has 2 unspecified atom stereocenters. The average Bonchev–Trinajstić information content (AvgIpc) is 3.11. The first-order valence-electron chi connectivity index (χ1n) is 10.2. The molecule has 5 rings (SSSR count). The minimum absolute atomic E-state index is 0.0548. The Labute approximate surface area is 180 Å². The molecule has 3 aromatic rings. The molecule has 0 saturated carbocycles. The number of fused-ring (bicyclic) bond motifs is 3. The van der Waals surface area contributed by atoms with E-state index >= 15 is 0 Å². The van der Waals surface area contributed by atoms with Gasteiger partial charge in [0.05, 0.1) is 16.7 Å². The molecule has 30 heavy (non-hydrogen) atoms. The maximum absolute atomic E-state index is 13.3. The van der Waals surface area contributed by atoms with Gasteiger partial charge in [0.2, 0.25) is 0 Å². The molecule has 4 nitrogen and oxygen atoms in total. The van der Waals surface area contributed by atoms with Gasteiger partial charge in [0.25, 0.3) is 0 Å². The van der Waals surface area contributed by atoms with Gasteiger partial charge in [-0.2, -0.15) is 0 Å². The zero-order chi connectivity index (χ0) is 20.7. The average molecular weight is 416 g/mol. The summed E-state index contributed by atoms with van der Waals surface area (Å²) in [5.41, 5.74) is 4.97. The van der Waals surface area contributed by atoms with Gasteiger partial charge in [-0.25, -0.2) is 0 Å². The largest absolute Gasteiger partial charge is 0.386 e. The highest BCUT2D eigenvalue weighted by molar-refractivity contribution is 7.81. The molecule has 0 bridgehead atoms. The Morgan fingerprint density at radius 2 is 1.87 bits per heavy atom. The molecule has 2 heterocycles. The van der Waals surface area contributed by atoms with Crippen LogP contribution in [0.4, 0.5) is 0 Å². The van der Waals surface area contributed by atoms with E-state index in [1.54, 1.807) is 6.20 Å². The van der Waals surface area contributed by atoms with Crippen molar-refractivity contribution in [3.63, 3.8) is 0 Å². The van der Waals surface area contributed by atoms with Crippen molar-refractivity contribution in [2.45, 2.75) is 31.5 Å². The van der Waals surface area contributed by atoms with E-state index in [9.17, 15) is 9.90 Å². The van der Waals surface area contributed by atoms with Gasteiger partial charge in [0.1, 0.15) is 6.10 Å². The van der Waals surface area contributed by atoms with E-state index in [1.807, 2.05) is 54.6 Å². The summed E-state index contributed by atoms with van der Waals surface area (Å²) in [6, 6.07) is 17.0. The Hall–Kier alpha value is -2.73. The highest BCUT2D eigenvalue weighted by Crippen LogP contribution is 2.42. The van der Waals surface area contributed by atoms with E-state index in [2.05, 4.69) is 4.98 Å². The number of pyridine rings is 1. The van der Waals surface area contributed by atoms with Crippen molar-refractivity contribution in [2.75, 3.05) is 6.61 Å². The second-order valence-corrected chi connectivity index (χ2v) is 8.16. The lowest BCUT2D eigenvalue weighted by Crippen LogP contribution is -2.27. The van der Waals surface area contributed by atoms with Crippen LogP contribution in [0, 0.1) is 0 Å². The van der Waals surface area contributed by atoms with E-state index in [0.29, 0.717) is 33.9 Å². The van der Waals surface area contributed by atoms with Crippen LogP contribution < -0.4 is 0 Å². The van der Waals surface area contributed by atoms with Gasteiger partial charge in [-0.1, -0.05) is 42.5 Å². The maximum atomic E-state index is 13.3. The number of ketones is 1. The molecule has 1 saturated heterocycles. The molecule has 1 aliphatic carbocycles. The SMILES string of the molecule is O=C1c2ccccc2-c2cc(C(=S)c3ccccn3)cc(C(O)C3CCCCO3)c21. The van der Waals surface area contributed by atoms with Crippen molar-refractivity contribution < 1.29 is 14.6 Å². The normalized spacial score (nSPS) is 18.6. The summed E-state index contributed by atoms with van der Waals surface area (Å²) < 4.78 is 5.84. The number of hydrogen-bond donors (Lipinski definition) is 1.